The molecule has 2 saturated heterocycles. The molecule has 2 N–H and O–H groups in total. The van der Waals surface area contributed by atoms with Crippen LogP contribution in [-0.4, -0.2) is 80.6 Å². The highest BCUT2D eigenvalue weighted by molar-refractivity contribution is 5.94. The zero-order valence-electron chi connectivity index (χ0n) is 18.6. The molecular formula is C23H34N4O4. The normalized spacial score (nSPS) is 20.2. The third-order valence-electron chi connectivity index (χ3n) is 6.49. The monoisotopic (exact) mass is 430 g/mol. The molecule has 1 unspecified atom stereocenters. The number of methoxy groups -OCH3 is 1. The number of benzene rings is 1. The number of hydrogen-bond acceptors (Lipinski definition) is 4. The number of nitrogens with one attached hydrogen (secondary N) is 2. The molecule has 2 aliphatic rings. The highest BCUT2D eigenvalue weighted by atomic mass is 16.5. The van der Waals surface area contributed by atoms with Gasteiger partial charge in [-0.1, -0.05) is 30.3 Å². The number of amides is 4. The number of likely N-dealkylation sites (N-methyl/N-ethyl adjacent to an activating group) is 1. The number of urea groups is 1. The molecule has 0 bridgehead atoms. The van der Waals surface area contributed by atoms with Gasteiger partial charge in [-0.15, -0.1) is 0 Å². The molecule has 1 spiro atoms. The van der Waals surface area contributed by atoms with E-state index in [9.17, 15) is 14.4 Å². The second-order valence-electron chi connectivity index (χ2n) is 8.51. The summed E-state index contributed by atoms with van der Waals surface area (Å²) in [6, 6.07) is 9.52. The van der Waals surface area contributed by atoms with Crippen molar-refractivity contribution in [2.45, 2.75) is 38.1 Å². The number of rotatable bonds is 8. The highest BCUT2D eigenvalue weighted by Gasteiger charge is 2.53. The summed E-state index contributed by atoms with van der Waals surface area (Å²) in [6.45, 7) is 2.76. The molecule has 0 saturated carbocycles. The maximum atomic E-state index is 13.0. The molecule has 1 aromatic carbocycles. The summed E-state index contributed by atoms with van der Waals surface area (Å²) in [4.78, 5) is 41.5. The largest absolute Gasteiger partial charge is 0.385 e. The van der Waals surface area contributed by atoms with Crippen LogP contribution in [0.5, 0.6) is 0 Å². The molecular weight excluding hydrogens is 396 g/mol. The lowest BCUT2D eigenvalue weighted by Crippen LogP contribution is -2.49. The molecule has 8 heteroatoms. The SMILES string of the molecule is COCCCNC(=O)C1CC2(CCN(C(=O)NCCc3ccccc3)CC2)C(=O)N1C. The molecule has 4 amide bonds. The van der Waals surface area contributed by atoms with E-state index in [-0.39, 0.29) is 17.8 Å². The van der Waals surface area contributed by atoms with E-state index in [0.717, 1.165) is 12.8 Å². The molecule has 1 atom stereocenters. The Hall–Kier alpha value is -2.61. The Kier molecular flexibility index (Phi) is 7.90. The number of carbonyl (C=O) groups is 3. The average molecular weight is 431 g/mol. The van der Waals surface area contributed by atoms with Crippen molar-refractivity contribution in [2.75, 3.05) is 46.9 Å². The molecule has 2 heterocycles. The Balaban J connectivity index is 1.46. The van der Waals surface area contributed by atoms with Crippen LogP contribution in [0.25, 0.3) is 0 Å². The number of carbonyl (C=O) groups excluding carboxylic acids is 3. The van der Waals surface area contributed by atoms with Gasteiger partial charge in [0.2, 0.25) is 11.8 Å². The van der Waals surface area contributed by atoms with E-state index in [1.165, 1.54) is 5.56 Å². The van der Waals surface area contributed by atoms with E-state index < -0.39 is 11.5 Å². The van der Waals surface area contributed by atoms with Crippen molar-refractivity contribution in [3.63, 3.8) is 0 Å². The molecule has 2 aliphatic heterocycles. The number of hydrogen-bond donors (Lipinski definition) is 2. The first kappa shape index (κ1) is 23.1. The van der Waals surface area contributed by atoms with Gasteiger partial charge in [0, 0.05) is 46.9 Å². The van der Waals surface area contributed by atoms with E-state index in [2.05, 4.69) is 10.6 Å². The van der Waals surface area contributed by atoms with Gasteiger partial charge in [-0.3, -0.25) is 9.59 Å². The van der Waals surface area contributed by atoms with Crippen molar-refractivity contribution in [2.24, 2.45) is 5.41 Å². The molecule has 2 fully saturated rings. The van der Waals surface area contributed by atoms with Crippen LogP contribution in [0.2, 0.25) is 0 Å². The van der Waals surface area contributed by atoms with Gasteiger partial charge in [0.1, 0.15) is 6.04 Å². The summed E-state index contributed by atoms with van der Waals surface area (Å²) in [5.74, 6) is -0.0846. The summed E-state index contributed by atoms with van der Waals surface area (Å²) < 4.78 is 5.00. The minimum absolute atomic E-state index is 0.0219. The van der Waals surface area contributed by atoms with Crippen LogP contribution in [0, 0.1) is 5.41 Å². The van der Waals surface area contributed by atoms with Gasteiger partial charge in [-0.25, -0.2) is 4.79 Å². The summed E-state index contributed by atoms with van der Waals surface area (Å²) in [5, 5.41) is 5.89. The van der Waals surface area contributed by atoms with Crippen molar-refractivity contribution >= 4 is 17.8 Å². The van der Waals surface area contributed by atoms with E-state index in [0.29, 0.717) is 52.0 Å². The summed E-state index contributed by atoms with van der Waals surface area (Å²) >= 11 is 0. The minimum Gasteiger partial charge on any atom is -0.385 e. The third kappa shape index (κ3) is 5.55. The molecule has 31 heavy (non-hydrogen) atoms. The van der Waals surface area contributed by atoms with Crippen LogP contribution in [0.1, 0.15) is 31.2 Å². The first-order chi connectivity index (χ1) is 15.0. The van der Waals surface area contributed by atoms with Gasteiger partial charge >= 0.3 is 6.03 Å². The number of likely N-dealkylation sites (tertiary alicyclic amines) is 2. The van der Waals surface area contributed by atoms with Crippen molar-refractivity contribution in [3.8, 4) is 0 Å². The van der Waals surface area contributed by atoms with Crippen LogP contribution >= 0.6 is 0 Å². The van der Waals surface area contributed by atoms with Gasteiger partial charge in [0.05, 0.1) is 5.41 Å². The lowest BCUT2D eigenvalue weighted by molar-refractivity contribution is -0.139. The second-order valence-corrected chi connectivity index (χ2v) is 8.51. The first-order valence-electron chi connectivity index (χ1n) is 11.1. The van der Waals surface area contributed by atoms with Crippen molar-refractivity contribution < 1.29 is 19.1 Å². The molecule has 0 radical (unpaired) electrons. The van der Waals surface area contributed by atoms with Crippen molar-refractivity contribution in [1.29, 1.82) is 0 Å². The number of ether oxygens (including phenoxy) is 1. The topological polar surface area (TPSA) is 91.0 Å². The van der Waals surface area contributed by atoms with E-state index in [4.69, 9.17) is 4.74 Å². The smallest absolute Gasteiger partial charge is 0.317 e. The predicted octanol–water partition coefficient (Wildman–Crippen LogP) is 1.40. The maximum absolute atomic E-state index is 13.0. The Morgan fingerprint density at radius 1 is 1.13 bits per heavy atom. The van der Waals surface area contributed by atoms with Crippen LogP contribution in [-0.2, 0) is 20.7 Å². The third-order valence-corrected chi connectivity index (χ3v) is 6.49. The van der Waals surface area contributed by atoms with E-state index in [1.54, 1.807) is 24.0 Å². The van der Waals surface area contributed by atoms with Crippen molar-refractivity contribution in [1.82, 2.24) is 20.4 Å². The standard InChI is InChI=1S/C23H34N4O4/c1-26-19(20(28)24-12-6-16-31-2)17-23(21(26)29)10-14-27(15-11-23)22(30)25-13-9-18-7-4-3-5-8-18/h3-5,7-8,19H,6,9-17H2,1-2H3,(H,24,28)(H,25,30). The predicted molar refractivity (Wildman–Crippen MR) is 117 cm³/mol. The van der Waals surface area contributed by atoms with Crippen LogP contribution in [0.4, 0.5) is 4.79 Å². The fourth-order valence-corrected chi connectivity index (χ4v) is 4.55. The zero-order valence-corrected chi connectivity index (χ0v) is 18.6. The molecule has 170 valence electrons. The fraction of sp³-hybridized carbons (Fsp3) is 0.609. The van der Waals surface area contributed by atoms with Gasteiger partial charge in [-0.05, 0) is 37.7 Å². The fourth-order valence-electron chi connectivity index (χ4n) is 4.55. The summed E-state index contributed by atoms with van der Waals surface area (Å²) in [7, 11) is 3.34. The Morgan fingerprint density at radius 3 is 2.52 bits per heavy atom. The van der Waals surface area contributed by atoms with Crippen molar-refractivity contribution in [3.05, 3.63) is 35.9 Å². The average Bonchev–Trinajstić information content (AvgIpc) is 3.03. The van der Waals surface area contributed by atoms with Gasteiger partial charge in [0.25, 0.3) is 0 Å². The molecule has 3 rings (SSSR count). The Morgan fingerprint density at radius 2 is 1.84 bits per heavy atom. The number of piperidine rings is 1. The van der Waals surface area contributed by atoms with Gasteiger partial charge in [0.15, 0.2) is 0 Å². The molecule has 1 aromatic rings. The Labute approximate surface area is 184 Å². The first-order valence-corrected chi connectivity index (χ1v) is 11.1. The lowest BCUT2D eigenvalue weighted by Gasteiger charge is -2.37. The minimum atomic E-state index is -0.538. The Bertz CT molecular complexity index is 762. The van der Waals surface area contributed by atoms with Crippen LogP contribution < -0.4 is 10.6 Å². The summed E-state index contributed by atoms with van der Waals surface area (Å²) in [6.07, 6.45) is 3.23. The highest BCUT2D eigenvalue weighted by Crippen LogP contribution is 2.44. The quantitative estimate of drug-likeness (QED) is 0.610. The lowest BCUT2D eigenvalue weighted by atomic mass is 9.76. The molecule has 8 nitrogen and oxygen atoms in total. The zero-order chi connectivity index (χ0) is 22.3. The van der Waals surface area contributed by atoms with Crippen LogP contribution in [0.15, 0.2) is 30.3 Å². The second kappa shape index (κ2) is 10.6. The maximum Gasteiger partial charge on any atom is 0.317 e. The van der Waals surface area contributed by atoms with Gasteiger partial charge in [-0.2, -0.15) is 0 Å². The molecule has 0 aliphatic carbocycles. The van der Waals surface area contributed by atoms with E-state index >= 15 is 0 Å². The molecule has 0 aromatic heterocycles. The summed E-state index contributed by atoms with van der Waals surface area (Å²) in [5.41, 5.74) is 0.649. The van der Waals surface area contributed by atoms with Crippen LogP contribution in [0.3, 0.4) is 0 Å². The number of nitrogens with zero attached hydrogens (tertiary/aromatic N) is 2. The van der Waals surface area contributed by atoms with E-state index in [1.807, 2.05) is 30.3 Å². The van der Waals surface area contributed by atoms with Gasteiger partial charge < -0.3 is 25.2 Å².